The van der Waals surface area contributed by atoms with Crippen LogP contribution in [0.5, 0.6) is 0 Å². The third kappa shape index (κ3) is 12.0. The van der Waals surface area contributed by atoms with Gasteiger partial charge in [0.25, 0.3) is 0 Å². The number of nitrogens with one attached hydrogen (secondary N) is 2. The van der Waals surface area contributed by atoms with Crippen molar-refractivity contribution >= 4 is 39.8 Å². The van der Waals surface area contributed by atoms with E-state index in [1.807, 2.05) is 13.8 Å². The predicted octanol–water partition coefficient (Wildman–Crippen LogP) is 0.616. The van der Waals surface area contributed by atoms with Crippen molar-refractivity contribution in [3.63, 3.8) is 0 Å². The van der Waals surface area contributed by atoms with Gasteiger partial charge in [0.2, 0.25) is 0 Å². The number of hydrogen-bond acceptors (Lipinski definition) is 3. The molecule has 0 aliphatic heterocycles. The fourth-order valence-electron chi connectivity index (χ4n) is 1.14. The summed E-state index contributed by atoms with van der Waals surface area (Å²) in [5.41, 5.74) is 0. The predicted molar refractivity (Wildman–Crippen MR) is 87.2 cm³/mol. The maximum Gasteiger partial charge on any atom is 0.192 e. The minimum Gasteiger partial charge on any atom is -0.357 e. The van der Waals surface area contributed by atoms with Crippen molar-refractivity contribution < 1.29 is 8.42 Å². The van der Waals surface area contributed by atoms with Gasteiger partial charge in [-0.2, -0.15) is 0 Å². The van der Waals surface area contributed by atoms with Crippen molar-refractivity contribution in [1.82, 2.24) is 10.6 Å². The Labute approximate surface area is 127 Å². The number of sulfone groups is 1. The Bertz CT molecular complexity index is 388. The first-order valence-corrected chi connectivity index (χ1v) is 7.61. The number of terminal acetylenes is 1. The first-order valence-electron chi connectivity index (χ1n) is 5.55. The first kappa shape index (κ1) is 19.8. The lowest BCUT2D eigenvalue weighted by Crippen LogP contribution is -2.42. The van der Waals surface area contributed by atoms with E-state index in [2.05, 4.69) is 21.5 Å². The van der Waals surface area contributed by atoms with Gasteiger partial charge in [0.15, 0.2) is 5.96 Å². The number of guanidine groups is 1. The highest BCUT2D eigenvalue weighted by Gasteiger charge is 2.08. The summed E-state index contributed by atoms with van der Waals surface area (Å²) in [5, 5.41) is 6.14. The molecule has 18 heavy (non-hydrogen) atoms. The van der Waals surface area contributed by atoms with Crippen LogP contribution in [0.2, 0.25) is 0 Å². The molecular formula is C11H22IN3O2S. The zero-order chi connectivity index (χ0) is 13.3. The summed E-state index contributed by atoms with van der Waals surface area (Å²) in [6.45, 7) is 4.89. The number of halogens is 1. The molecule has 0 aromatic rings. The average molecular weight is 387 g/mol. The monoisotopic (exact) mass is 387 g/mol. The highest BCUT2D eigenvalue weighted by atomic mass is 127. The van der Waals surface area contributed by atoms with E-state index < -0.39 is 9.84 Å². The quantitative estimate of drug-likeness (QED) is 0.303. The second-order valence-corrected chi connectivity index (χ2v) is 6.12. The Hall–Kier alpha value is -0.490. The minimum absolute atomic E-state index is 0. The molecule has 0 aromatic heterocycles. The van der Waals surface area contributed by atoms with Gasteiger partial charge in [-0.15, -0.1) is 30.4 Å². The van der Waals surface area contributed by atoms with Gasteiger partial charge in [-0.05, 0) is 20.3 Å². The minimum atomic E-state index is -2.92. The Morgan fingerprint density at radius 2 is 2.11 bits per heavy atom. The lowest BCUT2D eigenvalue weighted by molar-refractivity contribution is 0.581. The molecule has 0 aromatic carbocycles. The number of nitrogens with zero attached hydrogens (tertiary/aromatic N) is 1. The molecule has 2 N–H and O–H groups in total. The van der Waals surface area contributed by atoms with E-state index in [-0.39, 0.29) is 35.8 Å². The van der Waals surface area contributed by atoms with Crippen LogP contribution >= 0.6 is 24.0 Å². The average Bonchev–Trinajstić information content (AvgIpc) is 2.22. The Morgan fingerprint density at radius 1 is 1.50 bits per heavy atom. The number of aliphatic imine (C=N–C) groups is 1. The molecule has 0 heterocycles. The Kier molecular flexibility index (Phi) is 11.5. The van der Waals surface area contributed by atoms with E-state index in [1.165, 1.54) is 6.26 Å². The Morgan fingerprint density at radius 3 is 2.56 bits per heavy atom. The van der Waals surface area contributed by atoms with Crippen LogP contribution in [-0.2, 0) is 9.84 Å². The summed E-state index contributed by atoms with van der Waals surface area (Å²) in [6.07, 6.45) is 6.90. The largest absolute Gasteiger partial charge is 0.357 e. The van der Waals surface area contributed by atoms with Gasteiger partial charge in [-0.25, -0.2) is 13.4 Å². The Balaban J connectivity index is 0. The lowest BCUT2D eigenvalue weighted by atomic mass is 10.3. The van der Waals surface area contributed by atoms with Crippen LogP contribution in [0.3, 0.4) is 0 Å². The molecule has 1 unspecified atom stereocenters. The van der Waals surface area contributed by atoms with Gasteiger partial charge >= 0.3 is 0 Å². The van der Waals surface area contributed by atoms with Crippen LogP contribution in [0.15, 0.2) is 4.99 Å². The lowest BCUT2D eigenvalue weighted by Gasteiger charge is -2.17. The molecule has 0 fully saturated rings. The molecule has 0 aliphatic carbocycles. The molecule has 7 heteroatoms. The van der Waals surface area contributed by atoms with Gasteiger partial charge in [0.1, 0.15) is 16.4 Å². The molecule has 0 radical (unpaired) electrons. The normalized spacial score (nSPS) is 13.1. The van der Waals surface area contributed by atoms with E-state index in [1.54, 1.807) is 0 Å². The van der Waals surface area contributed by atoms with E-state index in [0.29, 0.717) is 18.9 Å². The van der Waals surface area contributed by atoms with Crippen LogP contribution in [-0.4, -0.2) is 45.5 Å². The van der Waals surface area contributed by atoms with Crippen molar-refractivity contribution in [3.8, 4) is 12.3 Å². The summed E-state index contributed by atoms with van der Waals surface area (Å²) >= 11 is 0. The molecule has 0 saturated heterocycles. The van der Waals surface area contributed by atoms with Crippen LogP contribution < -0.4 is 10.6 Å². The molecule has 0 spiro atoms. The van der Waals surface area contributed by atoms with Crippen LogP contribution in [0, 0.1) is 12.3 Å². The van der Waals surface area contributed by atoms with Gasteiger partial charge in [-0.1, -0.05) is 5.92 Å². The maximum absolute atomic E-state index is 11.0. The zero-order valence-corrected chi connectivity index (χ0v) is 14.2. The van der Waals surface area contributed by atoms with Crippen LogP contribution in [0.4, 0.5) is 0 Å². The second-order valence-electron chi connectivity index (χ2n) is 3.86. The summed E-state index contributed by atoms with van der Waals surface area (Å²) in [4.78, 5) is 4.13. The molecular weight excluding hydrogens is 365 g/mol. The fraction of sp³-hybridized carbons (Fsp3) is 0.727. The van der Waals surface area contributed by atoms with E-state index in [9.17, 15) is 8.42 Å². The third-order valence-corrected chi connectivity index (χ3v) is 2.95. The van der Waals surface area contributed by atoms with Crippen molar-refractivity contribution in [1.29, 1.82) is 0 Å². The maximum atomic E-state index is 11.0. The number of hydrogen-bond donors (Lipinski definition) is 2. The van der Waals surface area contributed by atoms with Crippen LogP contribution in [0.1, 0.15) is 20.3 Å². The fourth-order valence-corrected chi connectivity index (χ4v) is 1.92. The molecule has 0 aliphatic rings. The van der Waals surface area contributed by atoms with E-state index in [4.69, 9.17) is 6.42 Å². The van der Waals surface area contributed by atoms with E-state index >= 15 is 0 Å². The second kappa shape index (κ2) is 10.4. The van der Waals surface area contributed by atoms with Crippen LogP contribution in [0.25, 0.3) is 0 Å². The molecule has 0 rings (SSSR count). The highest BCUT2D eigenvalue weighted by molar-refractivity contribution is 14.0. The molecule has 106 valence electrons. The first-order chi connectivity index (χ1) is 7.89. The molecule has 0 saturated carbocycles. The van der Waals surface area contributed by atoms with E-state index in [0.717, 1.165) is 6.54 Å². The molecule has 0 amide bonds. The van der Waals surface area contributed by atoms with Crippen molar-refractivity contribution in [2.75, 3.05) is 25.1 Å². The smallest absolute Gasteiger partial charge is 0.192 e. The van der Waals surface area contributed by atoms with Gasteiger partial charge < -0.3 is 10.6 Å². The van der Waals surface area contributed by atoms with Gasteiger partial charge in [-0.3, -0.25) is 0 Å². The van der Waals surface area contributed by atoms with Crippen molar-refractivity contribution in [3.05, 3.63) is 0 Å². The highest BCUT2D eigenvalue weighted by Crippen LogP contribution is 1.95. The van der Waals surface area contributed by atoms with Gasteiger partial charge in [0, 0.05) is 18.8 Å². The molecule has 0 bridgehead atoms. The summed E-state index contributed by atoms with van der Waals surface area (Å²) in [7, 11) is -2.92. The topological polar surface area (TPSA) is 70.6 Å². The third-order valence-electron chi connectivity index (χ3n) is 1.98. The summed E-state index contributed by atoms with van der Waals surface area (Å²) in [5.74, 6) is 3.20. The molecule has 1 atom stereocenters. The van der Waals surface area contributed by atoms with Crippen molar-refractivity contribution in [2.45, 2.75) is 26.3 Å². The van der Waals surface area contributed by atoms with Gasteiger partial charge in [0.05, 0.1) is 5.75 Å². The summed E-state index contributed by atoms with van der Waals surface area (Å²) < 4.78 is 22.0. The number of rotatable bonds is 6. The standard InChI is InChI=1S/C11H21N3O2S.HI/c1-5-8-13-11(12-6-2)14-10(3)7-9-17(4,15)16;/h1,10H,6-9H2,2-4H3,(H2,12,13,14);1H. The molecule has 5 nitrogen and oxygen atoms in total. The summed E-state index contributed by atoms with van der Waals surface area (Å²) in [6, 6.07) is 0.0281. The zero-order valence-electron chi connectivity index (χ0n) is 11.1. The van der Waals surface area contributed by atoms with Crippen molar-refractivity contribution in [2.24, 2.45) is 4.99 Å². The SMILES string of the molecule is C#CCN=C(NCC)NC(C)CCS(C)(=O)=O.I.